The molecule has 0 saturated carbocycles. The summed E-state index contributed by atoms with van der Waals surface area (Å²) in [5, 5.41) is 16.9. The number of methoxy groups -OCH3 is 1. The van der Waals surface area contributed by atoms with Crippen molar-refractivity contribution in [2.45, 2.75) is 0 Å². The van der Waals surface area contributed by atoms with E-state index in [4.69, 9.17) is 4.74 Å². The Kier molecular flexibility index (Phi) is 5.24. The average Bonchev–Trinajstić information content (AvgIpc) is 2.55. The summed E-state index contributed by atoms with van der Waals surface area (Å²) in [5.41, 5.74) is 0.753. The topological polar surface area (TPSA) is 103 Å². The molecule has 0 aliphatic rings. The van der Waals surface area contributed by atoms with Gasteiger partial charge in [-0.3, -0.25) is 20.3 Å². The van der Waals surface area contributed by atoms with E-state index >= 15 is 0 Å². The average molecular weight is 315 g/mol. The minimum absolute atomic E-state index is 0.134. The number of hydrogen-bond donors (Lipinski definition) is 1. The Morgan fingerprint density at radius 2 is 2.00 bits per heavy atom. The molecule has 1 N–H and O–H groups in total. The number of nitrogens with zero attached hydrogens (tertiary/aromatic N) is 2. The molecular formula is C15H13N3O5. The molecule has 0 heterocycles. The normalized spacial score (nSPS) is 10.3. The van der Waals surface area contributed by atoms with Crippen LogP contribution in [0.1, 0.15) is 5.56 Å². The minimum atomic E-state index is -0.768. The molecule has 8 nitrogen and oxygen atoms in total. The maximum Gasteiger partial charge on any atom is 0.437 e. The molecule has 0 aliphatic heterocycles. The largest absolute Gasteiger partial charge is 0.490 e. The number of hydrogen-bond acceptors (Lipinski definition) is 6. The lowest BCUT2D eigenvalue weighted by atomic mass is 10.2. The van der Waals surface area contributed by atoms with Gasteiger partial charge in [0.2, 0.25) is 0 Å². The van der Waals surface area contributed by atoms with Gasteiger partial charge in [0.15, 0.2) is 5.75 Å². The second-order valence-electron chi connectivity index (χ2n) is 4.29. The van der Waals surface area contributed by atoms with Gasteiger partial charge in [-0.1, -0.05) is 23.4 Å². The van der Waals surface area contributed by atoms with Crippen molar-refractivity contribution < 1.29 is 19.3 Å². The van der Waals surface area contributed by atoms with Crippen LogP contribution in [0.4, 0.5) is 16.2 Å². The van der Waals surface area contributed by atoms with Crippen LogP contribution >= 0.6 is 0 Å². The van der Waals surface area contributed by atoms with Gasteiger partial charge in [-0.2, -0.15) is 0 Å². The molecule has 0 fully saturated rings. The number of para-hydroxylation sites is 1. The predicted octanol–water partition coefficient (Wildman–Crippen LogP) is 3.19. The van der Waals surface area contributed by atoms with Crippen LogP contribution in [0.3, 0.4) is 0 Å². The van der Waals surface area contributed by atoms with Crippen LogP contribution in [0.2, 0.25) is 0 Å². The molecule has 23 heavy (non-hydrogen) atoms. The predicted molar refractivity (Wildman–Crippen MR) is 83.8 cm³/mol. The Bertz CT molecular complexity index is 731. The molecule has 0 unspecified atom stereocenters. The first-order valence-corrected chi connectivity index (χ1v) is 6.49. The first-order chi connectivity index (χ1) is 11.1. The molecule has 0 aromatic heterocycles. The Morgan fingerprint density at radius 3 is 2.65 bits per heavy atom. The Labute approximate surface area is 131 Å². The molecular weight excluding hydrogens is 302 g/mol. The summed E-state index contributed by atoms with van der Waals surface area (Å²) >= 11 is 0. The lowest BCUT2D eigenvalue weighted by Crippen LogP contribution is -2.10. The monoisotopic (exact) mass is 315 g/mol. The highest BCUT2D eigenvalue weighted by molar-refractivity contribution is 5.86. The minimum Gasteiger partial charge on any atom is -0.490 e. The van der Waals surface area contributed by atoms with E-state index in [0.29, 0.717) is 11.3 Å². The molecule has 0 bridgehead atoms. The van der Waals surface area contributed by atoms with Gasteiger partial charge < -0.3 is 4.74 Å². The second kappa shape index (κ2) is 7.55. The van der Waals surface area contributed by atoms with Crippen LogP contribution < -0.4 is 10.1 Å². The molecule has 0 saturated heterocycles. The van der Waals surface area contributed by atoms with Crippen molar-refractivity contribution >= 4 is 23.7 Å². The Morgan fingerprint density at radius 1 is 1.26 bits per heavy atom. The quantitative estimate of drug-likeness (QED) is 0.395. The SMILES string of the molecule is COc1ccc(/C=N/OC(=O)Nc2ccccc2)cc1[N+](=O)[O-]. The van der Waals surface area contributed by atoms with Crippen molar-refractivity contribution in [3.63, 3.8) is 0 Å². The molecule has 118 valence electrons. The zero-order chi connectivity index (χ0) is 16.7. The molecule has 0 aliphatic carbocycles. The first-order valence-electron chi connectivity index (χ1n) is 6.49. The third-order valence-electron chi connectivity index (χ3n) is 2.76. The molecule has 2 aromatic carbocycles. The zero-order valence-corrected chi connectivity index (χ0v) is 12.1. The van der Waals surface area contributed by atoms with Gasteiger partial charge in [-0.05, 0) is 24.3 Å². The van der Waals surface area contributed by atoms with E-state index in [-0.39, 0.29) is 11.4 Å². The number of rotatable bonds is 5. The third kappa shape index (κ3) is 4.53. The van der Waals surface area contributed by atoms with Crippen LogP contribution in [0.25, 0.3) is 0 Å². The van der Waals surface area contributed by atoms with Crippen LogP contribution in [-0.2, 0) is 4.84 Å². The number of nitrogens with one attached hydrogen (secondary N) is 1. The molecule has 2 rings (SSSR count). The zero-order valence-electron chi connectivity index (χ0n) is 12.1. The number of nitro benzene ring substituents is 1. The molecule has 0 spiro atoms. The standard InChI is InChI=1S/C15H13N3O5/c1-22-14-8-7-11(9-13(14)18(20)21)10-16-23-15(19)17-12-5-3-2-4-6-12/h2-10H,1H3,(H,17,19)/b16-10+. The van der Waals surface area contributed by atoms with E-state index < -0.39 is 11.0 Å². The molecule has 0 radical (unpaired) electrons. The van der Waals surface area contributed by atoms with E-state index in [2.05, 4.69) is 15.3 Å². The highest BCUT2D eigenvalue weighted by Crippen LogP contribution is 2.26. The number of carbonyl (C=O) groups is 1. The lowest BCUT2D eigenvalue weighted by Gasteiger charge is -2.02. The highest BCUT2D eigenvalue weighted by Gasteiger charge is 2.14. The number of ether oxygens (including phenoxy) is 1. The van der Waals surface area contributed by atoms with Gasteiger partial charge in [-0.25, -0.2) is 4.79 Å². The summed E-state index contributed by atoms with van der Waals surface area (Å²) in [6, 6.07) is 13.0. The van der Waals surface area contributed by atoms with Gasteiger partial charge >= 0.3 is 11.8 Å². The second-order valence-corrected chi connectivity index (χ2v) is 4.29. The van der Waals surface area contributed by atoms with E-state index in [1.54, 1.807) is 30.3 Å². The Hall–Kier alpha value is -3.42. The smallest absolute Gasteiger partial charge is 0.437 e. The third-order valence-corrected chi connectivity index (χ3v) is 2.76. The van der Waals surface area contributed by atoms with E-state index in [1.807, 2.05) is 6.07 Å². The fraction of sp³-hybridized carbons (Fsp3) is 0.0667. The molecule has 2 aromatic rings. The van der Waals surface area contributed by atoms with Crippen LogP contribution in [0.15, 0.2) is 53.7 Å². The van der Waals surface area contributed by atoms with Crippen molar-refractivity contribution in [2.75, 3.05) is 12.4 Å². The summed E-state index contributed by atoms with van der Waals surface area (Å²) in [6.45, 7) is 0. The summed E-state index contributed by atoms with van der Waals surface area (Å²) in [4.78, 5) is 26.5. The van der Waals surface area contributed by atoms with Crippen molar-refractivity contribution in [3.8, 4) is 5.75 Å². The molecule has 1 amide bonds. The number of benzene rings is 2. The number of anilines is 1. The molecule has 0 atom stereocenters. The van der Waals surface area contributed by atoms with Crippen LogP contribution in [-0.4, -0.2) is 24.3 Å². The summed E-state index contributed by atoms with van der Waals surface area (Å²) < 4.78 is 4.89. The highest BCUT2D eigenvalue weighted by atomic mass is 16.7. The maximum absolute atomic E-state index is 11.5. The van der Waals surface area contributed by atoms with Crippen molar-refractivity contribution in [2.24, 2.45) is 5.16 Å². The fourth-order valence-electron chi connectivity index (χ4n) is 1.73. The fourth-order valence-corrected chi connectivity index (χ4v) is 1.73. The Balaban J connectivity index is 1.99. The summed E-state index contributed by atoms with van der Waals surface area (Å²) in [7, 11) is 1.34. The number of oxime groups is 1. The van der Waals surface area contributed by atoms with Gasteiger partial charge in [0.05, 0.1) is 18.2 Å². The number of carbonyl (C=O) groups excluding carboxylic acids is 1. The van der Waals surface area contributed by atoms with Crippen LogP contribution in [0.5, 0.6) is 5.75 Å². The van der Waals surface area contributed by atoms with Gasteiger partial charge in [0.25, 0.3) is 0 Å². The van der Waals surface area contributed by atoms with Crippen molar-refractivity contribution in [1.82, 2.24) is 0 Å². The van der Waals surface area contributed by atoms with E-state index in [1.165, 1.54) is 25.5 Å². The maximum atomic E-state index is 11.5. The summed E-state index contributed by atoms with van der Waals surface area (Å²) in [5.74, 6) is 0.134. The van der Waals surface area contributed by atoms with Crippen LogP contribution in [0, 0.1) is 10.1 Å². The number of nitro groups is 1. The van der Waals surface area contributed by atoms with E-state index in [0.717, 1.165) is 0 Å². The first kappa shape index (κ1) is 16.0. The number of amides is 1. The van der Waals surface area contributed by atoms with Crippen molar-refractivity contribution in [1.29, 1.82) is 0 Å². The van der Waals surface area contributed by atoms with Crippen molar-refractivity contribution in [3.05, 3.63) is 64.2 Å². The lowest BCUT2D eigenvalue weighted by molar-refractivity contribution is -0.385. The van der Waals surface area contributed by atoms with E-state index in [9.17, 15) is 14.9 Å². The summed E-state index contributed by atoms with van der Waals surface area (Å²) in [6.07, 6.45) is 0.423. The van der Waals surface area contributed by atoms with Gasteiger partial charge in [-0.15, -0.1) is 0 Å². The van der Waals surface area contributed by atoms with Gasteiger partial charge in [0, 0.05) is 17.3 Å². The van der Waals surface area contributed by atoms with Gasteiger partial charge in [0.1, 0.15) is 0 Å². The molecule has 8 heteroatoms.